The average Bonchev–Trinajstić information content (AvgIpc) is 2.72. The molecule has 2 aromatic carbocycles. The van der Waals surface area contributed by atoms with E-state index in [1.165, 1.54) is 0 Å². The molecule has 0 fully saturated rings. The van der Waals surface area contributed by atoms with E-state index in [4.69, 9.17) is 10.5 Å². The Balaban J connectivity index is 1.74. The van der Waals surface area contributed by atoms with Gasteiger partial charge in [0, 0.05) is 25.7 Å². The van der Waals surface area contributed by atoms with Gasteiger partial charge in [-0.05, 0) is 44.9 Å². The number of amides is 2. The first-order valence-electron chi connectivity index (χ1n) is 10.7. The van der Waals surface area contributed by atoms with Crippen LogP contribution in [0.1, 0.15) is 32.8 Å². The zero-order chi connectivity index (χ0) is 23.6. The highest BCUT2D eigenvalue weighted by molar-refractivity contribution is 5.86. The molecule has 2 amide bonds. The van der Waals surface area contributed by atoms with Crippen molar-refractivity contribution in [3.8, 4) is 0 Å². The highest BCUT2D eigenvalue weighted by Crippen LogP contribution is 2.29. The van der Waals surface area contributed by atoms with Crippen LogP contribution in [0.15, 0.2) is 48.5 Å². The topological polar surface area (TPSA) is 109 Å². The van der Waals surface area contributed by atoms with Crippen LogP contribution < -0.4 is 26.6 Å². The van der Waals surface area contributed by atoms with E-state index in [0.29, 0.717) is 25.2 Å². The molecule has 0 aliphatic carbocycles. The third kappa shape index (κ3) is 8.75. The van der Waals surface area contributed by atoms with E-state index in [9.17, 15) is 9.59 Å². The minimum Gasteiger partial charge on any atom is -0.445 e. The van der Waals surface area contributed by atoms with Crippen LogP contribution >= 0.6 is 0 Å². The number of rotatable bonds is 10. The van der Waals surface area contributed by atoms with Gasteiger partial charge in [0.1, 0.15) is 6.61 Å². The van der Waals surface area contributed by atoms with Gasteiger partial charge in [-0.2, -0.15) is 0 Å². The predicted molar refractivity (Wildman–Crippen MR) is 130 cm³/mol. The lowest BCUT2D eigenvalue weighted by Crippen LogP contribution is -2.45. The van der Waals surface area contributed by atoms with Gasteiger partial charge in [0.05, 0.1) is 23.6 Å². The molecule has 0 heterocycles. The molecule has 2 aromatic rings. The van der Waals surface area contributed by atoms with Gasteiger partial charge in [-0.1, -0.05) is 36.4 Å². The minimum absolute atomic E-state index is 0.0667. The van der Waals surface area contributed by atoms with E-state index in [1.807, 2.05) is 81.2 Å². The van der Waals surface area contributed by atoms with Crippen molar-refractivity contribution >= 4 is 29.1 Å². The number of hydrogen-bond donors (Lipinski definition) is 4. The molecule has 0 saturated heterocycles. The van der Waals surface area contributed by atoms with E-state index >= 15 is 0 Å². The highest BCUT2D eigenvalue weighted by Gasteiger charge is 2.17. The van der Waals surface area contributed by atoms with Crippen molar-refractivity contribution in [3.05, 3.63) is 54.1 Å². The number of alkyl carbamates (subject to hydrolysis) is 1. The van der Waals surface area contributed by atoms with Crippen LogP contribution in [0.3, 0.4) is 0 Å². The molecule has 32 heavy (non-hydrogen) atoms. The standard InChI is InChI=1S/C24H35N5O3/c1-24(2,3)28-21(30)16-29(4)20-13-8-12-19(22(20)25)26-14-9-15-27-23(31)32-17-18-10-6-5-7-11-18/h5-8,10-13,26H,9,14-17,25H2,1-4H3,(H,27,31)(H,28,30). The lowest BCUT2D eigenvalue weighted by molar-refractivity contribution is -0.121. The van der Waals surface area contributed by atoms with Gasteiger partial charge < -0.3 is 31.3 Å². The van der Waals surface area contributed by atoms with Crippen molar-refractivity contribution in [1.82, 2.24) is 10.6 Å². The Bertz CT molecular complexity index is 881. The molecule has 0 aliphatic rings. The summed E-state index contributed by atoms with van der Waals surface area (Å²) in [5.41, 5.74) is 9.13. The Labute approximate surface area is 190 Å². The summed E-state index contributed by atoms with van der Waals surface area (Å²) in [5.74, 6) is -0.0667. The first kappa shape index (κ1) is 24.8. The van der Waals surface area contributed by atoms with Crippen molar-refractivity contribution in [1.29, 1.82) is 0 Å². The molecule has 0 atom stereocenters. The molecule has 0 aromatic heterocycles. The highest BCUT2D eigenvalue weighted by atomic mass is 16.5. The molecule has 5 N–H and O–H groups in total. The van der Waals surface area contributed by atoms with Gasteiger partial charge in [-0.3, -0.25) is 4.79 Å². The molecule has 0 spiro atoms. The second-order valence-electron chi connectivity index (χ2n) is 8.66. The normalized spacial score (nSPS) is 10.9. The summed E-state index contributed by atoms with van der Waals surface area (Å²) in [6, 6.07) is 15.2. The van der Waals surface area contributed by atoms with Crippen molar-refractivity contribution in [2.24, 2.45) is 0 Å². The van der Waals surface area contributed by atoms with Crippen LogP contribution in [0, 0.1) is 0 Å². The average molecular weight is 442 g/mol. The SMILES string of the molecule is CN(CC(=O)NC(C)(C)C)c1cccc(NCCCNC(=O)OCc2ccccc2)c1N. The Kier molecular flexibility index (Phi) is 9.19. The van der Waals surface area contributed by atoms with Crippen LogP contribution in [-0.2, 0) is 16.1 Å². The number of likely N-dealkylation sites (N-methyl/N-ethyl adjacent to an activating group) is 1. The molecule has 0 unspecified atom stereocenters. The maximum absolute atomic E-state index is 12.2. The van der Waals surface area contributed by atoms with Gasteiger partial charge in [0.25, 0.3) is 0 Å². The first-order chi connectivity index (χ1) is 15.2. The maximum atomic E-state index is 12.2. The molecule has 0 bridgehead atoms. The fourth-order valence-electron chi connectivity index (χ4n) is 3.07. The summed E-state index contributed by atoms with van der Waals surface area (Å²) in [6.45, 7) is 7.40. The Morgan fingerprint density at radius 1 is 1.03 bits per heavy atom. The third-order valence-corrected chi connectivity index (χ3v) is 4.54. The largest absolute Gasteiger partial charge is 0.445 e. The number of nitrogens with one attached hydrogen (secondary N) is 3. The summed E-state index contributed by atoms with van der Waals surface area (Å²) < 4.78 is 5.19. The number of nitrogens with zero attached hydrogens (tertiary/aromatic N) is 1. The van der Waals surface area contributed by atoms with Crippen molar-refractivity contribution in [3.63, 3.8) is 0 Å². The summed E-state index contributed by atoms with van der Waals surface area (Å²) >= 11 is 0. The van der Waals surface area contributed by atoms with E-state index in [1.54, 1.807) is 0 Å². The number of anilines is 3. The molecule has 174 valence electrons. The minimum atomic E-state index is -0.439. The molecule has 8 heteroatoms. The number of benzene rings is 2. The predicted octanol–water partition coefficient (Wildman–Crippen LogP) is 3.35. The second-order valence-corrected chi connectivity index (χ2v) is 8.66. The quantitative estimate of drug-likeness (QED) is 0.333. The zero-order valence-corrected chi connectivity index (χ0v) is 19.4. The van der Waals surface area contributed by atoms with Gasteiger partial charge in [-0.15, -0.1) is 0 Å². The lowest BCUT2D eigenvalue weighted by Gasteiger charge is -2.25. The van der Waals surface area contributed by atoms with Gasteiger partial charge in [0.2, 0.25) is 5.91 Å². The van der Waals surface area contributed by atoms with Crippen molar-refractivity contribution < 1.29 is 14.3 Å². The second kappa shape index (κ2) is 11.8. The summed E-state index contributed by atoms with van der Waals surface area (Å²) in [7, 11) is 1.84. The number of nitrogens with two attached hydrogens (primary N) is 1. The van der Waals surface area contributed by atoms with E-state index in [0.717, 1.165) is 16.9 Å². The first-order valence-corrected chi connectivity index (χ1v) is 10.7. The van der Waals surface area contributed by atoms with Gasteiger partial charge in [-0.25, -0.2) is 4.79 Å². The molecule has 0 radical (unpaired) electrons. The van der Waals surface area contributed by atoms with Crippen molar-refractivity contribution in [2.75, 3.05) is 42.6 Å². The number of ether oxygens (including phenoxy) is 1. The number of hydrogen-bond acceptors (Lipinski definition) is 6. The molecule has 0 aliphatic heterocycles. The van der Waals surface area contributed by atoms with Crippen LogP contribution in [-0.4, -0.2) is 44.2 Å². The van der Waals surface area contributed by atoms with Crippen molar-refractivity contribution in [2.45, 2.75) is 39.3 Å². The third-order valence-electron chi connectivity index (χ3n) is 4.54. The molecular formula is C24H35N5O3. The summed E-state index contributed by atoms with van der Waals surface area (Å²) in [6.07, 6.45) is 0.263. The van der Waals surface area contributed by atoms with Gasteiger partial charge >= 0.3 is 6.09 Å². The van der Waals surface area contributed by atoms with Gasteiger partial charge in [0.15, 0.2) is 0 Å². The Morgan fingerprint density at radius 3 is 2.44 bits per heavy atom. The maximum Gasteiger partial charge on any atom is 0.407 e. The number of carbonyl (C=O) groups is 2. The van der Waals surface area contributed by atoms with Crippen LogP contribution in [0.5, 0.6) is 0 Å². The van der Waals surface area contributed by atoms with Crippen LogP contribution in [0.4, 0.5) is 21.9 Å². The summed E-state index contributed by atoms with van der Waals surface area (Å²) in [5, 5.41) is 8.97. The monoisotopic (exact) mass is 441 g/mol. The molecule has 8 nitrogen and oxygen atoms in total. The van der Waals surface area contributed by atoms with E-state index in [-0.39, 0.29) is 24.6 Å². The van der Waals surface area contributed by atoms with Crippen LogP contribution in [0.2, 0.25) is 0 Å². The van der Waals surface area contributed by atoms with E-state index < -0.39 is 6.09 Å². The number of carbonyl (C=O) groups excluding carboxylic acids is 2. The molecular weight excluding hydrogens is 406 g/mol. The molecule has 2 rings (SSSR count). The van der Waals surface area contributed by atoms with Crippen LogP contribution in [0.25, 0.3) is 0 Å². The fraction of sp³-hybridized carbons (Fsp3) is 0.417. The summed E-state index contributed by atoms with van der Waals surface area (Å²) in [4.78, 5) is 25.8. The fourth-order valence-corrected chi connectivity index (χ4v) is 3.07. The smallest absolute Gasteiger partial charge is 0.407 e. The lowest BCUT2D eigenvalue weighted by atomic mass is 10.1. The number of nitrogen functional groups attached to an aromatic ring is 1. The zero-order valence-electron chi connectivity index (χ0n) is 19.4. The van der Waals surface area contributed by atoms with E-state index in [2.05, 4.69) is 16.0 Å². The Morgan fingerprint density at radius 2 is 1.75 bits per heavy atom. The Hall–Kier alpha value is -3.42. The number of para-hydroxylation sites is 1. The molecule has 0 saturated carbocycles.